The summed E-state index contributed by atoms with van der Waals surface area (Å²) in [4.78, 5) is 13.8. The molecule has 1 amide bonds. The van der Waals surface area contributed by atoms with Crippen molar-refractivity contribution in [2.75, 3.05) is 38.4 Å². The normalized spacial score (nSPS) is 10.1. The molecule has 2 N–H and O–H groups in total. The summed E-state index contributed by atoms with van der Waals surface area (Å²) in [6.45, 7) is 0.705. The Morgan fingerprint density at radius 3 is 2.82 bits per heavy atom. The van der Waals surface area contributed by atoms with Gasteiger partial charge in [-0.15, -0.1) is 0 Å². The Hall–Kier alpha value is -1.36. The molecule has 0 spiro atoms. The fraction of sp³-hybridized carbons (Fsp3) is 0.417. The summed E-state index contributed by atoms with van der Waals surface area (Å²) in [5.41, 5.74) is 6.78. The van der Waals surface area contributed by atoms with Crippen LogP contribution in [0.3, 0.4) is 0 Å². The molecule has 1 aromatic rings. The predicted octanol–water partition coefficient (Wildman–Crippen LogP) is 1.71. The maximum absolute atomic E-state index is 12.1. The van der Waals surface area contributed by atoms with Gasteiger partial charge in [0.2, 0.25) is 0 Å². The van der Waals surface area contributed by atoms with E-state index in [0.29, 0.717) is 23.5 Å². The van der Waals surface area contributed by atoms with Crippen LogP contribution < -0.4 is 10.5 Å². The van der Waals surface area contributed by atoms with Crippen LogP contribution in [0, 0.1) is 0 Å². The van der Waals surface area contributed by atoms with Crippen molar-refractivity contribution in [2.24, 2.45) is 0 Å². The zero-order valence-electron chi connectivity index (χ0n) is 10.4. The molecule has 0 aromatic heterocycles. The number of rotatable bonds is 5. The Labute approximate surface area is 106 Å². The van der Waals surface area contributed by atoms with E-state index in [0.717, 1.165) is 5.75 Å². The summed E-state index contributed by atoms with van der Waals surface area (Å²) in [6.07, 6.45) is 2.01. The molecule has 0 aliphatic heterocycles. The number of hydrogen-bond acceptors (Lipinski definition) is 4. The molecule has 0 atom stereocenters. The van der Waals surface area contributed by atoms with Gasteiger partial charge in [-0.3, -0.25) is 4.79 Å². The number of carbonyl (C=O) groups is 1. The Morgan fingerprint density at radius 1 is 1.53 bits per heavy atom. The van der Waals surface area contributed by atoms with E-state index in [-0.39, 0.29) is 5.91 Å². The van der Waals surface area contributed by atoms with Gasteiger partial charge < -0.3 is 15.4 Å². The van der Waals surface area contributed by atoms with Gasteiger partial charge in [0.15, 0.2) is 0 Å². The summed E-state index contributed by atoms with van der Waals surface area (Å²) >= 11 is 1.70. The number of anilines is 1. The van der Waals surface area contributed by atoms with Crippen molar-refractivity contribution < 1.29 is 9.53 Å². The molecule has 94 valence electrons. The second-order valence-electron chi connectivity index (χ2n) is 3.67. The van der Waals surface area contributed by atoms with Gasteiger partial charge in [0, 0.05) is 25.0 Å². The van der Waals surface area contributed by atoms with E-state index in [1.165, 1.54) is 0 Å². The first kappa shape index (κ1) is 13.7. The highest BCUT2D eigenvalue weighted by Gasteiger charge is 2.15. The number of nitrogens with two attached hydrogens (primary N) is 1. The van der Waals surface area contributed by atoms with E-state index in [1.54, 1.807) is 49.0 Å². The lowest BCUT2D eigenvalue weighted by molar-refractivity contribution is 0.0804. The molecule has 17 heavy (non-hydrogen) atoms. The fourth-order valence-electron chi connectivity index (χ4n) is 1.38. The molecule has 1 aromatic carbocycles. The van der Waals surface area contributed by atoms with E-state index in [9.17, 15) is 4.79 Å². The van der Waals surface area contributed by atoms with Crippen LogP contribution in [0.1, 0.15) is 10.4 Å². The van der Waals surface area contributed by atoms with Crippen LogP contribution in [0.2, 0.25) is 0 Å². The van der Waals surface area contributed by atoms with Crippen molar-refractivity contribution in [1.82, 2.24) is 4.90 Å². The summed E-state index contributed by atoms with van der Waals surface area (Å²) in [7, 11) is 3.34. The van der Waals surface area contributed by atoms with E-state index >= 15 is 0 Å². The van der Waals surface area contributed by atoms with E-state index in [1.807, 2.05) is 6.26 Å². The molecule has 0 unspecified atom stereocenters. The minimum Gasteiger partial charge on any atom is -0.497 e. The number of amides is 1. The van der Waals surface area contributed by atoms with Crippen LogP contribution in [-0.4, -0.2) is 43.5 Å². The van der Waals surface area contributed by atoms with Gasteiger partial charge in [-0.1, -0.05) is 0 Å². The molecule has 5 heteroatoms. The summed E-state index contributed by atoms with van der Waals surface area (Å²) in [5.74, 6) is 1.47. The second-order valence-corrected chi connectivity index (χ2v) is 4.66. The molecule has 0 fully saturated rings. The van der Waals surface area contributed by atoms with Crippen LogP contribution in [0.15, 0.2) is 18.2 Å². The smallest absolute Gasteiger partial charge is 0.255 e. The van der Waals surface area contributed by atoms with Crippen molar-refractivity contribution in [3.05, 3.63) is 23.8 Å². The first-order valence-electron chi connectivity index (χ1n) is 5.28. The van der Waals surface area contributed by atoms with Gasteiger partial charge in [-0.05, 0) is 24.5 Å². The van der Waals surface area contributed by atoms with Gasteiger partial charge in [-0.25, -0.2) is 0 Å². The van der Waals surface area contributed by atoms with Crippen molar-refractivity contribution in [3.63, 3.8) is 0 Å². The Morgan fingerprint density at radius 2 is 2.24 bits per heavy atom. The third-order valence-corrected chi connectivity index (χ3v) is 3.06. The monoisotopic (exact) mass is 254 g/mol. The molecule has 0 saturated heterocycles. The van der Waals surface area contributed by atoms with E-state index in [4.69, 9.17) is 10.5 Å². The van der Waals surface area contributed by atoms with Crippen molar-refractivity contribution in [3.8, 4) is 5.75 Å². The molecule has 1 rings (SSSR count). The molecule has 0 heterocycles. The highest BCUT2D eigenvalue weighted by atomic mass is 32.2. The fourth-order valence-corrected chi connectivity index (χ4v) is 1.84. The Bertz CT molecular complexity index is 396. The average molecular weight is 254 g/mol. The number of methoxy groups -OCH3 is 1. The molecular weight excluding hydrogens is 236 g/mol. The van der Waals surface area contributed by atoms with Gasteiger partial charge in [0.05, 0.1) is 12.7 Å². The van der Waals surface area contributed by atoms with Gasteiger partial charge >= 0.3 is 0 Å². The van der Waals surface area contributed by atoms with Crippen molar-refractivity contribution >= 4 is 23.4 Å². The number of carbonyl (C=O) groups excluding carboxylic acids is 1. The minimum atomic E-state index is -0.0737. The minimum absolute atomic E-state index is 0.0737. The SMILES string of the molecule is COc1ccc(N)c(C(=O)N(C)CCSC)c1. The van der Waals surface area contributed by atoms with Gasteiger partial charge in [0.25, 0.3) is 5.91 Å². The highest BCUT2D eigenvalue weighted by Crippen LogP contribution is 2.20. The van der Waals surface area contributed by atoms with Crippen molar-refractivity contribution in [2.45, 2.75) is 0 Å². The lowest BCUT2D eigenvalue weighted by Gasteiger charge is -2.18. The number of nitrogens with zero attached hydrogens (tertiary/aromatic N) is 1. The number of nitrogen functional groups attached to an aromatic ring is 1. The van der Waals surface area contributed by atoms with Crippen LogP contribution in [-0.2, 0) is 0 Å². The number of ether oxygens (including phenoxy) is 1. The topological polar surface area (TPSA) is 55.6 Å². The summed E-state index contributed by atoms with van der Waals surface area (Å²) < 4.78 is 5.09. The second kappa shape index (κ2) is 6.39. The number of hydrogen-bond donors (Lipinski definition) is 1. The van der Waals surface area contributed by atoms with Crippen molar-refractivity contribution in [1.29, 1.82) is 0 Å². The predicted molar refractivity (Wildman–Crippen MR) is 72.7 cm³/mol. The van der Waals surface area contributed by atoms with Gasteiger partial charge in [0.1, 0.15) is 5.75 Å². The standard InChI is InChI=1S/C12H18N2O2S/c1-14(6-7-17-3)12(15)10-8-9(16-2)4-5-11(10)13/h4-5,8H,6-7,13H2,1-3H3. The zero-order chi connectivity index (χ0) is 12.8. The van der Waals surface area contributed by atoms with Crippen LogP contribution in [0.25, 0.3) is 0 Å². The molecule has 0 aliphatic rings. The molecule has 0 saturated carbocycles. The molecule has 0 bridgehead atoms. The van der Waals surface area contributed by atoms with Crippen LogP contribution in [0.4, 0.5) is 5.69 Å². The molecule has 4 nitrogen and oxygen atoms in total. The van der Waals surface area contributed by atoms with E-state index < -0.39 is 0 Å². The lowest BCUT2D eigenvalue weighted by atomic mass is 10.1. The quantitative estimate of drug-likeness (QED) is 0.813. The van der Waals surface area contributed by atoms with Crippen LogP contribution in [0.5, 0.6) is 5.75 Å². The number of thioether (sulfide) groups is 1. The maximum atomic E-state index is 12.1. The summed E-state index contributed by atoms with van der Waals surface area (Å²) in [5, 5.41) is 0. The third-order valence-electron chi connectivity index (χ3n) is 2.47. The number of benzene rings is 1. The molecule has 0 radical (unpaired) electrons. The average Bonchev–Trinajstić information content (AvgIpc) is 2.35. The first-order valence-corrected chi connectivity index (χ1v) is 6.67. The lowest BCUT2D eigenvalue weighted by Crippen LogP contribution is -2.29. The third kappa shape index (κ3) is 3.56. The Kier molecular flexibility index (Phi) is 5.15. The van der Waals surface area contributed by atoms with E-state index in [2.05, 4.69) is 0 Å². The first-order chi connectivity index (χ1) is 8.10. The zero-order valence-corrected chi connectivity index (χ0v) is 11.2. The van der Waals surface area contributed by atoms with Gasteiger partial charge in [-0.2, -0.15) is 11.8 Å². The maximum Gasteiger partial charge on any atom is 0.255 e. The molecular formula is C12H18N2O2S. The summed E-state index contributed by atoms with van der Waals surface area (Å²) in [6, 6.07) is 5.11. The molecule has 0 aliphatic carbocycles. The largest absolute Gasteiger partial charge is 0.497 e. The van der Waals surface area contributed by atoms with Crippen LogP contribution >= 0.6 is 11.8 Å². The highest BCUT2D eigenvalue weighted by molar-refractivity contribution is 7.98. The Balaban J connectivity index is 2.87.